The van der Waals surface area contributed by atoms with Crippen molar-refractivity contribution in [1.82, 2.24) is 20.1 Å². The fourth-order valence-corrected chi connectivity index (χ4v) is 3.59. The van der Waals surface area contributed by atoms with Crippen molar-refractivity contribution in [2.75, 3.05) is 6.54 Å². The maximum atomic E-state index is 12.3. The van der Waals surface area contributed by atoms with Gasteiger partial charge in [-0.25, -0.2) is 4.98 Å². The first-order chi connectivity index (χ1) is 12.0. The minimum atomic E-state index is -0.135. The average molecular weight is 354 g/mol. The average Bonchev–Trinajstić information content (AvgIpc) is 3.19. The van der Waals surface area contributed by atoms with Gasteiger partial charge in [-0.3, -0.25) is 9.48 Å². The molecule has 1 aromatic carbocycles. The van der Waals surface area contributed by atoms with Crippen LogP contribution in [0.25, 0.3) is 0 Å². The van der Waals surface area contributed by atoms with E-state index in [-0.39, 0.29) is 11.9 Å². The molecule has 0 unspecified atom stereocenters. The van der Waals surface area contributed by atoms with E-state index < -0.39 is 0 Å². The fraction of sp³-hybridized carbons (Fsp3) is 0.316. The third-order valence-electron chi connectivity index (χ3n) is 4.00. The second-order valence-electron chi connectivity index (χ2n) is 6.22. The molecule has 0 fully saturated rings. The van der Waals surface area contributed by atoms with Crippen LogP contribution in [0.15, 0.2) is 41.8 Å². The summed E-state index contributed by atoms with van der Waals surface area (Å²) in [6.45, 7) is 6.56. The Hall–Kier alpha value is -2.47. The molecule has 2 aromatic heterocycles. The van der Waals surface area contributed by atoms with Crippen LogP contribution in [0, 0.1) is 13.8 Å². The number of thiazole rings is 1. The molecule has 3 rings (SSSR count). The van der Waals surface area contributed by atoms with E-state index in [0.717, 1.165) is 22.8 Å². The fourth-order valence-electron chi connectivity index (χ4n) is 2.78. The normalized spacial score (nSPS) is 12.1. The lowest BCUT2D eigenvalue weighted by Crippen LogP contribution is -2.30. The Balaban J connectivity index is 1.57. The molecule has 0 saturated carbocycles. The molecule has 1 N–H and O–H groups in total. The van der Waals surface area contributed by atoms with Crippen molar-refractivity contribution in [3.05, 3.63) is 69.4 Å². The van der Waals surface area contributed by atoms with E-state index in [1.807, 2.05) is 55.1 Å². The summed E-state index contributed by atoms with van der Waals surface area (Å²) in [5.74, 6) is -0.135. The molecule has 0 aliphatic rings. The molecular formula is C19H22N4OS. The van der Waals surface area contributed by atoms with E-state index in [2.05, 4.69) is 27.5 Å². The Morgan fingerprint density at radius 1 is 1.28 bits per heavy atom. The van der Waals surface area contributed by atoms with Crippen LogP contribution < -0.4 is 5.32 Å². The summed E-state index contributed by atoms with van der Waals surface area (Å²) in [6.07, 6.45) is 0.751. The van der Waals surface area contributed by atoms with E-state index in [1.54, 1.807) is 0 Å². The minimum absolute atomic E-state index is 0.0973. The third-order valence-corrected chi connectivity index (χ3v) is 4.85. The largest absolute Gasteiger partial charge is 0.349 e. The van der Waals surface area contributed by atoms with Crippen molar-refractivity contribution >= 4 is 17.2 Å². The third kappa shape index (κ3) is 4.33. The standard InChI is InChI=1S/C19H22N4OS/c1-13-9-14(2)23(22-13)15(3)11-20-19(24)17-12-25-18(21-17)10-16-7-5-4-6-8-16/h4-9,12,15H,10-11H2,1-3H3,(H,20,24)/t15-/m0/s1. The zero-order valence-corrected chi connectivity index (χ0v) is 15.5. The molecule has 2 heterocycles. The van der Waals surface area contributed by atoms with Gasteiger partial charge in [0.05, 0.1) is 16.7 Å². The molecule has 0 saturated heterocycles. The summed E-state index contributed by atoms with van der Waals surface area (Å²) in [6, 6.07) is 12.3. The quantitative estimate of drug-likeness (QED) is 0.736. The molecule has 1 atom stereocenters. The van der Waals surface area contributed by atoms with Crippen molar-refractivity contribution in [3.8, 4) is 0 Å². The molecule has 3 aromatic rings. The Labute approximate surface area is 151 Å². The van der Waals surface area contributed by atoms with E-state index in [0.29, 0.717) is 12.2 Å². The molecule has 0 radical (unpaired) electrons. The van der Waals surface area contributed by atoms with Crippen molar-refractivity contribution in [1.29, 1.82) is 0 Å². The molecule has 0 aliphatic heterocycles. The lowest BCUT2D eigenvalue weighted by Gasteiger charge is -2.14. The van der Waals surface area contributed by atoms with Crippen LogP contribution in [0.1, 0.15) is 45.4 Å². The van der Waals surface area contributed by atoms with Crippen LogP contribution in [0.3, 0.4) is 0 Å². The summed E-state index contributed by atoms with van der Waals surface area (Å²) >= 11 is 1.52. The number of amides is 1. The number of rotatable bonds is 6. The number of carbonyl (C=O) groups is 1. The lowest BCUT2D eigenvalue weighted by molar-refractivity contribution is 0.0943. The van der Waals surface area contributed by atoms with Gasteiger partial charge in [0.25, 0.3) is 5.91 Å². The highest BCUT2D eigenvalue weighted by Gasteiger charge is 2.14. The van der Waals surface area contributed by atoms with Gasteiger partial charge in [-0.05, 0) is 32.4 Å². The highest BCUT2D eigenvalue weighted by atomic mass is 32.1. The van der Waals surface area contributed by atoms with Crippen molar-refractivity contribution < 1.29 is 4.79 Å². The molecule has 1 amide bonds. The first-order valence-corrected chi connectivity index (χ1v) is 9.20. The zero-order chi connectivity index (χ0) is 17.8. The second kappa shape index (κ2) is 7.61. The van der Waals surface area contributed by atoms with Gasteiger partial charge in [-0.1, -0.05) is 30.3 Å². The number of aryl methyl sites for hydroxylation is 2. The summed E-state index contributed by atoms with van der Waals surface area (Å²) in [5.41, 5.74) is 3.76. The molecular weight excluding hydrogens is 332 g/mol. The number of hydrogen-bond acceptors (Lipinski definition) is 4. The van der Waals surface area contributed by atoms with Crippen LogP contribution in [-0.4, -0.2) is 27.2 Å². The first kappa shape index (κ1) is 17.4. The van der Waals surface area contributed by atoms with Crippen molar-refractivity contribution in [2.24, 2.45) is 0 Å². The van der Waals surface area contributed by atoms with Crippen LogP contribution in [-0.2, 0) is 6.42 Å². The summed E-state index contributed by atoms with van der Waals surface area (Å²) in [7, 11) is 0. The topological polar surface area (TPSA) is 59.8 Å². The number of nitrogens with zero attached hydrogens (tertiary/aromatic N) is 3. The van der Waals surface area contributed by atoms with E-state index in [1.165, 1.54) is 16.9 Å². The van der Waals surface area contributed by atoms with Crippen LogP contribution in [0.4, 0.5) is 0 Å². The molecule has 5 nitrogen and oxygen atoms in total. The predicted octanol–water partition coefficient (Wildman–Crippen LogP) is 3.54. The Morgan fingerprint density at radius 2 is 2.04 bits per heavy atom. The minimum Gasteiger partial charge on any atom is -0.349 e. The van der Waals surface area contributed by atoms with Gasteiger partial charge >= 0.3 is 0 Å². The Morgan fingerprint density at radius 3 is 2.72 bits per heavy atom. The molecule has 6 heteroatoms. The molecule has 130 valence electrons. The summed E-state index contributed by atoms with van der Waals surface area (Å²) in [5, 5.41) is 10.2. The van der Waals surface area contributed by atoms with Gasteiger partial charge in [0.15, 0.2) is 0 Å². The van der Waals surface area contributed by atoms with E-state index >= 15 is 0 Å². The number of hydrogen-bond donors (Lipinski definition) is 1. The zero-order valence-electron chi connectivity index (χ0n) is 14.7. The van der Waals surface area contributed by atoms with Gasteiger partial charge in [0.1, 0.15) is 5.69 Å². The lowest BCUT2D eigenvalue weighted by atomic mass is 10.2. The predicted molar refractivity (Wildman–Crippen MR) is 100 cm³/mol. The number of carbonyl (C=O) groups excluding carboxylic acids is 1. The highest BCUT2D eigenvalue weighted by molar-refractivity contribution is 7.09. The van der Waals surface area contributed by atoms with Gasteiger partial charge in [-0.2, -0.15) is 5.10 Å². The Bertz CT molecular complexity index is 853. The summed E-state index contributed by atoms with van der Waals surface area (Å²) < 4.78 is 1.94. The number of benzene rings is 1. The molecule has 0 bridgehead atoms. The van der Waals surface area contributed by atoms with Gasteiger partial charge in [-0.15, -0.1) is 11.3 Å². The highest BCUT2D eigenvalue weighted by Crippen LogP contribution is 2.15. The van der Waals surface area contributed by atoms with Gasteiger partial charge < -0.3 is 5.32 Å². The van der Waals surface area contributed by atoms with Crippen molar-refractivity contribution in [2.45, 2.75) is 33.2 Å². The molecule has 0 aliphatic carbocycles. The monoisotopic (exact) mass is 354 g/mol. The maximum absolute atomic E-state index is 12.3. The summed E-state index contributed by atoms with van der Waals surface area (Å²) in [4.78, 5) is 16.8. The smallest absolute Gasteiger partial charge is 0.270 e. The Kier molecular flexibility index (Phi) is 5.28. The van der Waals surface area contributed by atoms with E-state index in [4.69, 9.17) is 0 Å². The van der Waals surface area contributed by atoms with Gasteiger partial charge in [0, 0.05) is 24.0 Å². The van der Waals surface area contributed by atoms with Gasteiger partial charge in [0.2, 0.25) is 0 Å². The second-order valence-corrected chi connectivity index (χ2v) is 7.16. The van der Waals surface area contributed by atoms with Crippen molar-refractivity contribution in [3.63, 3.8) is 0 Å². The number of aromatic nitrogens is 3. The number of nitrogens with one attached hydrogen (secondary N) is 1. The van der Waals surface area contributed by atoms with Crippen LogP contribution in [0.2, 0.25) is 0 Å². The van der Waals surface area contributed by atoms with Crippen LogP contribution >= 0.6 is 11.3 Å². The van der Waals surface area contributed by atoms with Crippen LogP contribution in [0.5, 0.6) is 0 Å². The first-order valence-electron chi connectivity index (χ1n) is 8.32. The SMILES string of the molecule is Cc1cc(C)n([C@@H](C)CNC(=O)c2csc(Cc3ccccc3)n2)n1. The van der Waals surface area contributed by atoms with E-state index in [9.17, 15) is 4.79 Å². The maximum Gasteiger partial charge on any atom is 0.270 e. The molecule has 0 spiro atoms. The molecule has 25 heavy (non-hydrogen) atoms.